The van der Waals surface area contributed by atoms with Crippen molar-refractivity contribution in [2.75, 3.05) is 7.11 Å². The number of aromatic nitrogens is 1. The predicted molar refractivity (Wildman–Crippen MR) is 68.5 cm³/mol. The maximum absolute atomic E-state index is 14.0. The average Bonchev–Trinajstić information content (AvgIpc) is 2.37. The second-order valence-electron chi connectivity index (χ2n) is 4.03. The van der Waals surface area contributed by atoms with E-state index in [0.717, 1.165) is 0 Å². The van der Waals surface area contributed by atoms with Gasteiger partial charge in [0.05, 0.1) is 7.11 Å². The molecule has 2 rings (SSSR count). The van der Waals surface area contributed by atoms with E-state index in [-0.39, 0.29) is 16.7 Å². The van der Waals surface area contributed by atoms with Crippen molar-refractivity contribution in [1.82, 2.24) is 4.98 Å². The lowest BCUT2D eigenvalue weighted by atomic mass is 10.0. The average molecular weight is 258 g/mol. The first kappa shape index (κ1) is 12.8. The quantitative estimate of drug-likeness (QED) is 0.899. The Kier molecular flexibility index (Phi) is 3.34. The van der Waals surface area contributed by atoms with Crippen LogP contribution in [0.25, 0.3) is 11.1 Å². The number of hydrogen-bond donors (Lipinski definition) is 1. The van der Waals surface area contributed by atoms with Gasteiger partial charge in [-0.2, -0.15) is 5.26 Å². The second-order valence-corrected chi connectivity index (χ2v) is 4.03. The number of methoxy groups -OCH3 is 1. The molecule has 0 bridgehead atoms. The summed E-state index contributed by atoms with van der Waals surface area (Å²) in [6.07, 6.45) is 0. The van der Waals surface area contributed by atoms with E-state index in [2.05, 4.69) is 4.98 Å². The molecule has 0 saturated carbocycles. The van der Waals surface area contributed by atoms with Crippen molar-refractivity contribution in [3.8, 4) is 22.9 Å². The molecule has 0 amide bonds. The lowest BCUT2D eigenvalue weighted by molar-refractivity contribution is 0.411. The van der Waals surface area contributed by atoms with Gasteiger partial charge in [-0.25, -0.2) is 4.39 Å². The van der Waals surface area contributed by atoms with E-state index in [1.807, 2.05) is 0 Å². The van der Waals surface area contributed by atoms with Gasteiger partial charge >= 0.3 is 0 Å². The van der Waals surface area contributed by atoms with Gasteiger partial charge in [0.25, 0.3) is 5.56 Å². The molecule has 0 aliphatic carbocycles. The van der Waals surface area contributed by atoms with Gasteiger partial charge in [0, 0.05) is 22.9 Å². The molecular weight excluding hydrogens is 247 g/mol. The van der Waals surface area contributed by atoms with E-state index in [1.54, 1.807) is 25.1 Å². The first-order valence-corrected chi connectivity index (χ1v) is 5.54. The van der Waals surface area contributed by atoms with Gasteiger partial charge in [0.2, 0.25) is 0 Å². The Morgan fingerprint density at radius 1 is 1.32 bits per heavy atom. The Labute approximate surface area is 109 Å². The van der Waals surface area contributed by atoms with Crippen LogP contribution in [0.4, 0.5) is 4.39 Å². The van der Waals surface area contributed by atoms with Crippen LogP contribution in [0.1, 0.15) is 11.3 Å². The Balaban J connectivity index is 2.72. The number of rotatable bonds is 2. The topological polar surface area (TPSA) is 65.9 Å². The van der Waals surface area contributed by atoms with Crippen LogP contribution in [0, 0.1) is 24.1 Å². The van der Waals surface area contributed by atoms with Crippen molar-refractivity contribution >= 4 is 0 Å². The Morgan fingerprint density at radius 2 is 2.05 bits per heavy atom. The Morgan fingerprint density at radius 3 is 2.63 bits per heavy atom. The molecule has 0 atom stereocenters. The SMILES string of the molecule is COc1ccc(-c2cc(C)[nH]c(=O)c2C#N)c(F)c1. The molecule has 2 aromatic rings. The van der Waals surface area contributed by atoms with E-state index >= 15 is 0 Å². The van der Waals surface area contributed by atoms with Crippen molar-refractivity contribution in [2.24, 2.45) is 0 Å². The first-order valence-electron chi connectivity index (χ1n) is 5.54. The van der Waals surface area contributed by atoms with Crippen molar-refractivity contribution < 1.29 is 9.13 Å². The number of nitrogens with one attached hydrogen (secondary N) is 1. The largest absolute Gasteiger partial charge is 0.497 e. The number of ether oxygens (including phenoxy) is 1. The monoisotopic (exact) mass is 258 g/mol. The highest BCUT2D eigenvalue weighted by Crippen LogP contribution is 2.27. The van der Waals surface area contributed by atoms with Crippen molar-refractivity contribution in [3.63, 3.8) is 0 Å². The zero-order valence-corrected chi connectivity index (χ0v) is 10.5. The third-order valence-electron chi connectivity index (χ3n) is 2.75. The number of H-pyrrole nitrogens is 1. The van der Waals surface area contributed by atoms with Gasteiger partial charge in [-0.15, -0.1) is 0 Å². The summed E-state index contributed by atoms with van der Waals surface area (Å²) >= 11 is 0. The zero-order valence-electron chi connectivity index (χ0n) is 10.5. The fourth-order valence-electron chi connectivity index (χ4n) is 1.85. The summed E-state index contributed by atoms with van der Waals surface area (Å²) in [5.74, 6) is -0.165. The van der Waals surface area contributed by atoms with Gasteiger partial charge in [-0.05, 0) is 25.1 Å². The lowest BCUT2D eigenvalue weighted by Crippen LogP contribution is -2.13. The van der Waals surface area contributed by atoms with Gasteiger partial charge in [0.15, 0.2) is 0 Å². The number of pyridine rings is 1. The molecular formula is C14H11FN2O2. The molecule has 19 heavy (non-hydrogen) atoms. The smallest absolute Gasteiger partial charge is 0.266 e. The van der Waals surface area contributed by atoms with E-state index < -0.39 is 11.4 Å². The van der Waals surface area contributed by atoms with Crippen LogP contribution in [0.2, 0.25) is 0 Å². The molecule has 4 nitrogen and oxygen atoms in total. The van der Waals surface area contributed by atoms with Crippen LogP contribution in [-0.2, 0) is 0 Å². The highest BCUT2D eigenvalue weighted by Gasteiger charge is 2.14. The minimum absolute atomic E-state index is 0.102. The van der Waals surface area contributed by atoms with Crippen molar-refractivity contribution in [3.05, 3.63) is 51.7 Å². The van der Waals surface area contributed by atoms with Crippen molar-refractivity contribution in [2.45, 2.75) is 6.92 Å². The van der Waals surface area contributed by atoms with Gasteiger partial charge < -0.3 is 9.72 Å². The number of aromatic amines is 1. The normalized spacial score (nSPS) is 10.0. The maximum atomic E-state index is 14.0. The highest BCUT2D eigenvalue weighted by molar-refractivity contribution is 5.71. The molecule has 5 heteroatoms. The Bertz CT molecular complexity index is 729. The summed E-state index contributed by atoms with van der Waals surface area (Å²) in [6.45, 7) is 1.67. The van der Waals surface area contributed by atoms with Gasteiger partial charge in [-0.1, -0.05) is 0 Å². The lowest BCUT2D eigenvalue weighted by Gasteiger charge is -2.08. The molecule has 0 fully saturated rings. The molecule has 0 unspecified atom stereocenters. The molecule has 0 aliphatic rings. The Hall–Kier alpha value is -2.61. The second kappa shape index (κ2) is 4.94. The first-order chi connectivity index (χ1) is 9.06. The van der Waals surface area contributed by atoms with Crippen molar-refractivity contribution in [1.29, 1.82) is 5.26 Å². The van der Waals surface area contributed by atoms with Crippen LogP contribution in [0.15, 0.2) is 29.1 Å². The minimum Gasteiger partial charge on any atom is -0.497 e. The molecule has 1 aromatic carbocycles. The summed E-state index contributed by atoms with van der Waals surface area (Å²) in [5.41, 5.74) is 0.423. The predicted octanol–water partition coefficient (Wildman–Crippen LogP) is 2.37. The molecule has 0 radical (unpaired) electrons. The van der Waals surface area contributed by atoms with Crippen LogP contribution < -0.4 is 10.3 Å². The fourth-order valence-corrected chi connectivity index (χ4v) is 1.85. The van der Waals surface area contributed by atoms with E-state index in [1.165, 1.54) is 19.2 Å². The van der Waals surface area contributed by atoms with Gasteiger partial charge in [0.1, 0.15) is 23.2 Å². The third-order valence-corrected chi connectivity index (χ3v) is 2.75. The molecule has 0 spiro atoms. The number of halogens is 1. The van der Waals surface area contributed by atoms with E-state index in [9.17, 15) is 9.18 Å². The van der Waals surface area contributed by atoms with Crippen LogP contribution in [0.3, 0.4) is 0 Å². The number of aryl methyl sites for hydroxylation is 1. The minimum atomic E-state index is -0.541. The molecule has 0 aliphatic heterocycles. The standard InChI is InChI=1S/C14H11FN2O2/c1-8-5-11(12(7-16)14(18)17-8)10-4-3-9(19-2)6-13(10)15/h3-6H,1-2H3,(H,17,18). The summed E-state index contributed by atoms with van der Waals surface area (Å²) < 4.78 is 18.9. The highest BCUT2D eigenvalue weighted by atomic mass is 19.1. The van der Waals surface area contributed by atoms with Gasteiger partial charge in [-0.3, -0.25) is 4.79 Å². The summed E-state index contributed by atoms with van der Waals surface area (Å²) in [7, 11) is 1.44. The summed E-state index contributed by atoms with van der Waals surface area (Å²) in [4.78, 5) is 14.2. The molecule has 1 heterocycles. The van der Waals surface area contributed by atoms with E-state index in [0.29, 0.717) is 11.4 Å². The number of nitrogens with zero attached hydrogens (tertiary/aromatic N) is 1. The third kappa shape index (κ3) is 2.33. The molecule has 1 N–H and O–H groups in total. The van der Waals surface area contributed by atoms with Crippen LogP contribution >= 0.6 is 0 Å². The zero-order chi connectivity index (χ0) is 14.0. The molecule has 96 valence electrons. The fraction of sp³-hybridized carbons (Fsp3) is 0.143. The maximum Gasteiger partial charge on any atom is 0.266 e. The summed E-state index contributed by atoms with van der Waals surface area (Å²) in [5, 5.41) is 9.03. The van der Waals surface area contributed by atoms with Crippen LogP contribution in [-0.4, -0.2) is 12.1 Å². The molecule has 1 aromatic heterocycles. The van der Waals surface area contributed by atoms with E-state index in [4.69, 9.17) is 10.00 Å². The number of hydrogen-bond acceptors (Lipinski definition) is 3. The molecule has 0 saturated heterocycles. The van der Waals surface area contributed by atoms with Crippen LogP contribution in [0.5, 0.6) is 5.75 Å². The number of nitriles is 1. The summed E-state index contributed by atoms with van der Waals surface area (Å²) in [6, 6.07) is 7.66. The number of benzene rings is 1.